The van der Waals surface area contributed by atoms with Crippen molar-refractivity contribution >= 4 is 58.4 Å². The number of anilines is 2. The molecule has 2 heterocycles. The summed E-state index contributed by atoms with van der Waals surface area (Å²) in [4.78, 5) is 31.4. The quantitative estimate of drug-likeness (QED) is 0.420. The number of rotatable bonds is 5. The number of fused-ring (bicyclic) bond motifs is 2. The van der Waals surface area contributed by atoms with Gasteiger partial charge < -0.3 is 10.2 Å². The minimum atomic E-state index is -0.399. The largest absolute Gasteiger partial charge is 0.340 e. The van der Waals surface area contributed by atoms with Gasteiger partial charge in [-0.2, -0.15) is 0 Å². The highest BCUT2D eigenvalue weighted by Crippen LogP contribution is 2.47. The zero-order valence-corrected chi connectivity index (χ0v) is 20.1. The Hall–Kier alpha value is -2.61. The van der Waals surface area contributed by atoms with Crippen LogP contribution in [0, 0.1) is 0 Å². The molecule has 33 heavy (non-hydrogen) atoms. The Morgan fingerprint density at radius 1 is 0.970 bits per heavy atom. The van der Waals surface area contributed by atoms with E-state index in [1.807, 2.05) is 30.3 Å². The summed E-state index contributed by atoms with van der Waals surface area (Å²) in [6.45, 7) is 1.22. The van der Waals surface area contributed by atoms with Crippen LogP contribution in [0.2, 0.25) is 5.02 Å². The molecule has 5 rings (SSSR count). The number of thioether (sulfide) groups is 1. The number of para-hydroxylation sites is 2. The van der Waals surface area contributed by atoms with E-state index < -0.39 is 5.37 Å². The van der Waals surface area contributed by atoms with Gasteiger partial charge >= 0.3 is 6.03 Å². The van der Waals surface area contributed by atoms with Crippen molar-refractivity contribution in [3.8, 4) is 0 Å². The van der Waals surface area contributed by atoms with Crippen LogP contribution in [-0.2, 0) is 4.79 Å². The van der Waals surface area contributed by atoms with Gasteiger partial charge in [-0.1, -0.05) is 65.8 Å². The summed E-state index contributed by atoms with van der Waals surface area (Å²) in [5.74, 6) is 0.0702. The third-order valence-electron chi connectivity index (χ3n) is 5.62. The van der Waals surface area contributed by atoms with Crippen molar-refractivity contribution in [2.45, 2.75) is 21.6 Å². The minimum absolute atomic E-state index is 0.196. The second-order valence-corrected chi connectivity index (χ2v) is 10.3. The van der Waals surface area contributed by atoms with Gasteiger partial charge in [-0.05, 0) is 36.8 Å². The molecule has 5 nitrogen and oxygen atoms in total. The van der Waals surface area contributed by atoms with E-state index in [1.165, 1.54) is 37.8 Å². The standard InChI is InChI=1S/C25H22ClN3O2S2/c26-18-9-2-1-8-17(18)24-29(23(30)16-32-24)25(31)27-14-7-15-28-19-10-3-5-12-21(19)33-22-13-6-4-11-20(22)28/h1-6,8-13,24H,7,14-16H2,(H,27,31). The summed E-state index contributed by atoms with van der Waals surface area (Å²) in [6, 6.07) is 23.7. The molecule has 0 spiro atoms. The molecule has 1 saturated heterocycles. The first kappa shape index (κ1) is 22.2. The van der Waals surface area contributed by atoms with Gasteiger partial charge in [-0.15, -0.1) is 11.8 Å². The van der Waals surface area contributed by atoms with E-state index in [1.54, 1.807) is 17.8 Å². The third kappa shape index (κ3) is 4.45. The molecule has 2 aliphatic rings. The molecule has 1 N–H and O–H groups in total. The maximum atomic E-state index is 12.9. The summed E-state index contributed by atoms with van der Waals surface area (Å²) in [5, 5.41) is 3.10. The lowest BCUT2D eigenvalue weighted by Gasteiger charge is -2.32. The monoisotopic (exact) mass is 495 g/mol. The molecule has 0 bridgehead atoms. The molecule has 3 amide bonds. The summed E-state index contributed by atoms with van der Waals surface area (Å²) in [6.07, 6.45) is 0.741. The first-order chi connectivity index (χ1) is 16.1. The zero-order chi connectivity index (χ0) is 22.8. The number of nitrogens with one attached hydrogen (secondary N) is 1. The fraction of sp³-hybridized carbons (Fsp3) is 0.200. The number of nitrogens with zero attached hydrogens (tertiary/aromatic N) is 2. The van der Waals surface area contributed by atoms with Gasteiger partial charge in [0.25, 0.3) is 0 Å². The fourth-order valence-electron chi connectivity index (χ4n) is 4.09. The lowest BCUT2D eigenvalue weighted by Crippen LogP contribution is -2.43. The van der Waals surface area contributed by atoms with Crippen LogP contribution in [0.4, 0.5) is 16.2 Å². The number of hydrogen-bond donors (Lipinski definition) is 1. The van der Waals surface area contributed by atoms with Crippen molar-refractivity contribution in [1.29, 1.82) is 0 Å². The van der Waals surface area contributed by atoms with Crippen LogP contribution >= 0.6 is 35.1 Å². The van der Waals surface area contributed by atoms with E-state index in [0.717, 1.165) is 18.5 Å². The first-order valence-corrected chi connectivity index (χ1v) is 13.0. The topological polar surface area (TPSA) is 52.7 Å². The molecular weight excluding hydrogens is 474 g/mol. The Morgan fingerprint density at radius 3 is 2.30 bits per heavy atom. The fourth-order valence-corrected chi connectivity index (χ4v) is 6.68. The van der Waals surface area contributed by atoms with Crippen molar-refractivity contribution in [2.24, 2.45) is 0 Å². The molecule has 168 valence electrons. The van der Waals surface area contributed by atoms with E-state index >= 15 is 0 Å². The lowest BCUT2D eigenvalue weighted by atomic mass is 10.2. The first-order valence-electron chi connectivity index (χ1n) is 10.7. The van der Waals surface area contributed by atoms with Gasteiger partial charge in [0.15, 0.2) is 0 Å². The number of hydrogen-bond acceptors (Lipinski definition) is 5. The summed E-state index contributed by atoms with van der Waals surface area (Å²) >= 11 is 9.53. The van der Waals surface area contributed by atoms with Crippen molar-refractivity contribution in [3.05, 3.63) is 83.4 Å². The normalized spacial score (nSPS) is 17.0. The maximum Gasteiger partial charge on any atom is 0.325 e. The van der Waals surface area contributed by atoms with Crippen molar-refractivity contribution in [3.63, 3.8) is 0 Å². The molecule has 8 heteroatoms. The molecule has 1 unspecified atom stereocenters. The Morgan fingerprint density at radius 2 is 1.61 bits per heavy atom. The number of amides is 3. The van der Waals surface area contributed by atoms with Crippen molar-refractivity contribution < 1.29 is 9.59 Å². The third-order valence-corrected chi connectivity index (χ3v) is 8.29. The van der Waals surface area contributed by atoms with Gasteiger partial charge in [-0.25, -0.2) is 9.69 Å². The van der Waals surface area contributed by atoms with Gasteiger partial charge in [0.1, 0.15) is 5.37 Å². The predicted molar refractivity (Wildman–Crippen MR) is 136 cm³/mol. The van der Waals surface area contributed by atoms with Crippen LogP contribution in [0.5, 0.6) is 0 Å². The molecule has 1 atom stereocenters. The number of carbonyl (C=O) groups is 2. The van der Waals surface area contributed by atoms with Crippen molar-refractivity contribution in [1.82, 2.24) is 10.2 Å². The Labute approximate surface area is 206 Å². The average molecular weight is 496 g/mol. The molecule has 0 saturated carbocycles. The van der Waals surface area contributed by atoms with Gasteiger partial charge in [0, 0.05) is 33.5 Å². The van der Waals surface area contributed by atoms with Gasteiger partial charge in [-0.3, -0.25) is 4.79 Å². The molecule has 1 fully saturated rings. The molecular formula is C25H22ClN3O2S2. The Kier molecular flexibility index (Phi) is 6.53. The zero-order valence-electron chi connectivity index (χ0n) is 17.7. The van der Waals surface area contributed by atoms with Crippen LogP contribution in [0.15, 0.2) is 82.6 Å². The number of carbonyl (C=O) groups excluding carboxylic acids is 2. The number of imide groups is 1. The van der Waals surface area contributed by atoms with Crippen LogP contribution in [0.25, 0.3) is 0 Å². The SMILES string of the molecule is O=C1CSC(c2ccccc2Cl)N1C(=O)NCCCN1c2ccccc2Sc2ccccc21. The van der Waals surface area contributed by atoms with E-state index in [4.69, 9.17) is 11.6 Å². The Bertz CT molecular complexity index is 1160. The smallest absolute Gasteiger partial charge is 0.325 e. The van der Waals surface area contributed by atoms with Crippen LogP contribution in [0.3, 0.4) is 0 Å². The second kappa shape index (κ2) is 9.71. The summed E-state index contributed by atoms with van der Waals surface area (Å²) < 4.78 is 0. The molecule has 2 aliphatic heterocycles. The molecule has 0 aliphatic carbocycles. The van der Waals surface area contributed by atoms with E-state index in [2.05, 4.69) is 46.6 Å². The molecule has 3 aromatic carbocycles. The lowest BCUT2D eigenvalue weighted by molar-refractivity contribution is -0.125. The second-order valence-electron chi connectivity index (χ2n) is 7.72. The summed E-state index contributed by atoms with van der Waals surface area (Å²) in [7, 11) is 0. The predicted octanol–water partition coefficient (Wildman–Crippen LogP) is 6.32. The van der Waals surface area contributed by atoms with E-state index in [-0.39, 0.29) is 17.7 Å². The number of halogens is 1. The molecule has 3 aromatic rings. The average Bonchev–Trinajstić information content (AvgIpc) is 3.22. The van der Waals surface area contributed by atoms with Gasteiger partial charge in [0.05, 0.1) is 17.1 Å². The molecule has 0 aromatic heterocycles. The van der Waals surface area contributed by atoms with Crippen LogP contribution in [-0.4, -0.2) is 35.7 Å². The van der Waals surface area contributed by atoms with Crippen molar-refractivity contribution in [2.75, 3.05) is 23.7 Å². The highest BCUT2D eigenvalue weighted by molar-refractivity contribution is 8.00. The van der Waals surface area contributed by atoms with E-state index in [0.29, 0.717) is 11.6 Å². The van der Waals surface area contributed by atoms with Crippen LogP contribution in [0.1, 0.15) is 17.4 Å². The number of benzene rings is 3. The van der Waals surface area contributed by atoms with Crippen LogP contribution < -0.4 is 10.2 Å². The minimum Gasteiger partial charge on any atom is -0.340 e. The number of urea groups is 1. The highest BCUT2D eigenvalue weighted by atomic mass is 35.5. The molecule has 0 radical (unpaired) electrons. The highest BCUT2D eigenvalue weighted by Gasteiger charge is 2.38. The summed E-state index contributed by atoms with van der Waals surface area (Å²) in [5.41, 5.74) is 3.14. The maximum absolute atomic E-state index is 12.9. The Balaban J connectivity index is 1.24. The van der Waals surface area contributed by atoms with Gasteiger partial charge in [0.2, 0.25) is 5.91 Å². The van der Waals surface area contributed by atoms with E-state index in [9.17, 15) is 9.59 Å².